The predicted molar refractivity (Wildman–Crippen MR) is 74.9 cm³/mol. The number of likely N-dealkylation sites (tertiary alicyclic amines) is 1. The Bertz CT molecular complexity index is 445. The van der Waals surface area contributed by atoms with Crippen LogP contribution in [0, 0.1) is 11.8 Å². The molecule has 0 spiro atoms. The molecule has 0 aromatic carbocycles. The third kappa shape index (κ3) is 2.43. The first-order chi connectivity index (χ1) is 8.52. The number of piperidine rings is 1. The first kappa shape index (κ1) is 13.1. The minimum atomic E-state index is 0.0188. The van der Waals surface area contributed by atoms with Crippen molar-refractivity contribution in [3.63, 3.8) is 0 Å². The topological polar surface area (TPSA) is 71.2 Å². The lowest BCUT2D eigenvalue weighted by atomic mass is 9.88. The molecular formula is C12H20N4OS. The highest BCUT2D eigenvalue weighted by molar-refractivity contribution is 7.18. The molecule has 1 amide bonds. The maximum atomic E-state index is 12.4. The molecule has 5 nitrogen and oxygen atoms in total. The highest BCUT2D eigenvalue weighted by atomic mass is 32.1. The number of nitrogens with zero attached hydrogens (tertiary/aromatic N) is 2. The van der Waals surface area contributed by atoms with Crippen LogP contribution in [0.4, 0.5) is 10.9 Å². The molecule has 6 heteroatoms. The maximum Gasteiger partial charge on any atom is 0.267 e. The molecule has 3 N–H and O–H groups in total. The van der Waals surface area contributed by atoms with Gasteiger partial charge in [0, 0.05) is 20.1 Å². The second-order valence-corrected chi connectivity index (χ2v) is 5.98. The highest BCUT2D eigenvalue weighted by Gasteiger charge is 2.28. The van der Waals surface area contributed by atoms with E-state index in [1.54, 1.807) is 7.05 Å². The van der Waals surface area contributed by atoms with E-state index in [1.807, 2.05) is 4.90 Å². The number of anilines is 2. The number of hydrogen-bond acceptors (Lipinski definition) is 5. The lowest BCUT2D eigenvalue weighted by Gasteiger charge is -2.35. The number of nitrogens with two attached hydrogens (primary N) is 1. The Morgan fingerprint density at radius 2 is 2.22 bits per heavy atom. The summed E-state index contributed by atoms with van der Waals surface area (Å²) in [7, 11) is 1.77. The minimum absolute atomic E-state index is 0.0188. The smallest absolute Gasteiger partial charge is 0.267 e. The Kier molecular flexibility index (Phi) is 3.75. The molecule has 0 saturated carbocycles. The fourth-order valence-electron chi connectivity index (χ4n) is 2.18. The summed E-state index contributed by atoms with van der Waals surface area (Å²) in [6.07, 6.45) is 1.06. The van der Waals surface area contributed by atoms with Crippen molar-refractivity contribution in [3.05, 3.63) is 4.88 Å². The minimum Gasteiger partial charge on any atom is -0.382 e. The zero-order valence-corrected chi connectivity index (χ0v) is 11.9. The first-order valence-corrected chi connectivity index (χ1v) is 7.08. The average molecular weight is 268 g/mol. The number of thiazole rings is 1. The Hall–Kier alpha value is -1.30. The Morgan fingerprint density at radius 1 is 1.50 bits per heavy atom. The molecule has 2 unspecified atom stereocenters. The van der Waals surface area contributed by atoms with Crippen molar-refractivity contribution in [2.24, 2.45) is 11.8 Å². The van der Waals surface area contributed by atoms with Crippen LogP contribution < -0.4 is 11.1 Å². The van der Waals surface area contributed by atoms with E-state index in [9.17, 15) is 4.79 Å². The Balaban J connectivity index is 2.13. The summed E-state index contributed by atoms with van der Waals surface area (Å²) in [5, 5.41) is 3.61. The summed E-state index contributed by atoms with van der Waals surface area (Å²) >= 11 is 1.32. The van der Waals surface area contributed by atoms with Crippen LogP contribution in [0.1, 0.15) is 29.9 Å². The maximum absolute atomic E-state index is 12.4. The highest BCUT2D eigenvalue weighted by Crippen LogP contribution is 2.29. The molecule has 2 rings (SSSR count). The average Bonchev–Trinajstić information content (AvgIpc) is 2.73. The number of nitrogens with one attached hydrogen (secondary N) is 1. The normalized spacial score (nSPS) is 24.1. The molecule has 1 saturated heterocycles. The summed E-state index contributed by atoms with van der Waals surface area (Å²) in [6, 6.07) is 0. The summed E-state index contributed by atoms with van der Waals surface area (Å²) < 4.78 is 0. The molecule has 1 fully saturated rings. The molecule has 0 bridgehead atoms. The summed E-state index contributed by atoms with van der Waals surface area (Å²) in [5.41, 5.74) is 5.80. The molecule has 18 heavy (non-hydrogen) atoms. The van der Waals surface area contributed by atoms with Gasteiger partial charge in [0.05, 0.1) is 0 Å². The van der Waals surface area contributed by atoms with Crippen molar-refractivity contribution >= 4 is 28.2 Å². The van der Waals surface area contributed by atoms with Gasteiger partial charge in [-0.3, -0.25) is 4.79 Å². The van der Waals surface area contributed by atoms with Gasteiger partial charge in [0.1, 0.15) is 10.7 Å². The van der Waals surface area contributed by atoms with Gasteiger partial charge in [-0.2, -0.15) is 0 Å². The molecule has 1 aliphatic heterocycles. The molecule has 1 aromatic rings. The van der Waals surface area contributed by atoms with Crippen LogP contribution in [0.15, 0.2) is 0 Å². The fourth-order valence-corrected chi connectivity index (χ4v) is 2.99. The molecule has 0 radical (unpaired) electrons. The first-order valence-electron chi connectivity index (χ1n) is 6.26. The van der Waals surface area contributed by atoms with Crippen LogP contribution >= 0.6 is 11.3 Å². The molecule has 1 aromatic heterocycles. The lowest BCUT2D eigenvalue weighted by Crippen LogP contribution is -2.42. The Labute approximate surface area is 111 Å². The van der Waals surface area contributed by atoms with Crippen molar-refractivity contribution in [3.8, 4) is 0 Å². The number of nitrogen functional groups attached to an aromatic ring is 1. The predicted octanol–water partition coefficient (Wildman–Crippen LogP) is 1.89. The van der Waals surface area contributed by atoms with E-state index in [0.29, 0.717) is 27.7 Å². The fraction of sp³-hybridized carbons (Fsp3) is 0.667. The van der Waals surface area contributed by atoms with Gasteiger partial charge in [0.25, 0.3) is 5.91 Å². The van der Waals surface area contributed by atoms with Gasteiger partial charge in [0.2, 0.25) is 0 Å². The van der Waals surface area contributed by atoms with Gasteiger partial charge in [-0.05, 0) is 18.3 Å². The van der Waals surface area contributed by atoms with E-state index >= 15 is 0 Å². The van der Waals surface area contributed by atoms with Crippen LogP contribution in [0.2, 0.25) is 0 Å². The van der Waals surface area contributed by atoms with Gasteiger partial charge in [-0.25, -0.2) is 4.98 Å². The van der Waals surface area contributed by atoms with E-state index in [-0.39, 0.29) is 5.91 Å². The van der Waals surface area contributed by atoms with E-state index in [2.05, 4.69) is 24.1 Å². The van der Waals surface area contributed by atoms with Crippen LogP contribution in [0.5, 0.6) is 0 Å². The summed E-state index contributed by atoms with van der Waals surface area (Å²) in [4.78, 5) is 19.0. The second-order valence-electron chi connectivity index (χ2n) is 4.98. The van der Waals surface area contributed by atoms with E-state index in [0.717, 1.165) is 19.5 Å². The lowest BCUT2D eigenvalue weighted by molar-refractivity contribution is 0.0633. The molecular weight excluding hydrogens is 248 g/mol. The number of carbonyl (C=O) groups excluding carboxylic acids is 1. The third-order valence-corrected chi connectivity index (χ3v) is 4.76. The van der Waals surface area contributed by atoms with Crippen molar-refractivity contribution in [1.29, 1.82) is 0 Å². The van der Waals surface area contributed by atoms with Gasteiger partial charge in [-0.15, -0.1) is 0 Å². The van der Waals surface area contributed by atoms with Crippen LogP contribution in [0.25, 0.3) is 0 Å². The number of carbonyl (C=O) groups is 1. The van der Waals surface area contributed by atoms with Crippen molar-refractivity contribution in [1.82, 2.24) is 9.88 Å². The van der Waals surface area contributed by atoms with Gasteiger partial charge < -0.3 is 16.0 Å². The number of aromatic nitrogens is 1. The van der Waals surface area contributed by atoms with Crippen LogP contribution in [-0.4, -0.2) is 35.9 Å². The van der Waals surface area contributed by atoms with Crippen LogP contribution in [-0.2, 0) is 0 Å². The van der Waals surface area contributed by atoms with Crippen LogP contribution in [0.3, 0.4) is 0 Å². The zero-order valence-electron chi connectivity index (χ0n) is 11.1. The van der Waals surface area contributed by atoms with E-state index in [1.165, 1.54) is 11.3 Å². The second kappa shape index (κ2) is 5.14. The van der Waals surface area contributed by atoms with E-state index in [4.69, 9.17) is 5.73 Å². The van der Waals surface area contributed by atoms with E-state index < -0.39 is 0 Å². The molecule has 2 heterocycles. The largest absolute Gasteiger partial charge is 0.382 e. The summed E-state index contributed by atoms with van der Waals surface area (Å²) in [6.45, 7) is 6.06. The molecule has 0 aliphatic carbocycles. The monoisotopic (exact) mass is 268 g/mol. The standard InChI is InChI=1S/C12H20N4OS/c1-7-4-5-16(6-8(7)2)11(17)9-10(13)15-12(14-3)18-9/h7-8H,4-6,13H2,1-3H3,(H,14,15). The number of rotatable bonds is 2. The number of hydrogen-bond donors (Lipinski definition) is 2. The molecule has 1 aliphatic rings. The van der Waals surface area contributed by atoms with Crippen molar-refractivity contribution in [2.45, 2.75) is 20.3 Å². The van der Waals surface area contributed by atoms with Crippen molar-refractivity contribution in [2.75, 3.05) is 31.2 Å². The van der Waals surface area contributed by atoms with Crippen molar-refractivity contribution < 1.29 is 4.79 Å². The van der Waals surface area contributed by atoms with Gasteiger partial charge >= 0.3 is 0 Å². The third-order valence-electron chi connectivity index (χ3n) is 3.68. The van der Waals surface area contributed by atoms with Gasteiger partial charge in [-0.1, -0.05) is 25.2 Å². The number of amides is 1. The Morgan fingerprint density at radius 3 is 2.78 bits per heavy atom. The van der Waals surface area contributed by atoms with Gasteiger partial charge in [0.15, 0.2) is 5.13 Å². The zero-order chi connectivity index (χ0) is 13.3. The molecule has 100 valence electrons. The summed E-state index contributed by atoms with van der Waals surface area (Å²) in [5.74, 6) is 1.58. The quantitative estimate of drug-likeness (QED) is 0.859. The SMILES string of the molecule is CNc1nc(N)c(C(=O)N2CCC(C)C(C)C2)s1. The molecule has 2 atom stereocenters.